The molecule has 0 aromatic heterocycles. The molecule has 1 aliphatic rings. The highest BCUT2D eigenvalue weighted by atomic mass is 32.2. The number of carbonyl (C=O) groups excluding carboxylic acids is 1. The molecule has 0 unspecified atom stereocenters. The van der Waals surface area contributed by atoms with E-state index in [1.165, 1.54) is 25.7 Å². The lowest BCUT2D eigenvalue weighted by Gasteiger charge is -2.37. The fourth-order valence-electron chi connectivity index (χ4n) is 2.52. The zero-order chi connectivity index (χ0) is 15.0. The normalized spacial score (nSPS) is 18.7. The van der Waals surface area contributed by atoms with Gasteiger partial charge < -0.3 is 9.84 Å². The number of carbonyl (C=O) groups is 2. The van der Waals surface area contributed by atoms with Crippen molar-refractivity contribution in [3.63, 3.8) is 0 Å². The molecule has 0 saturated heterocycles. The van der Waals surface area contributed by atoms with E-state index in [0.29, 0.717) is 16.6 Å². The van der Waals surface area contributed by atoms with Crippen LogP contribution in [-0.2, 0) is 14.3 Å². The zero-order valence-corrected chi connectivity index (χ0v) is 13.9. The van der Waals surface area contributed by atoms with Crippen molar-refractivity contribution >= 4 is 35.5 Å². The van der Waals surface area contributed by atoms with E-state index in [1.807, 2.05) is 23.5 Å². The van der Waals surface area contributed by atoms with E-state index in [9.17, 15) is 9.59 Å². The number of carboxylic acid groups (broad SMARTS) is 1. The summed E-state index contributed by atoms with van der Waals surface area (Å²) in [5.74, 6) is -0.722. The number of hydrogen-bond donors (Lipinski definition) is 1. The molecule has 0 amide bonds. The fourth-order valence-corrected chi connectivity index (χ4v) is 4.47. The second-order valence-electron chi connectivity index (χ2n) is 5.17. The van der Waals surface area contributed by atoms with E-state index in [-0.39, 0.29) is 12.8 Å². The Morgan fingerprint density at radius 3 is 2.30 bits per heavy atom. The van der Waals surface area contributed by atoms with Gasteiger partial charge in [0.15, 0.2) is 0 Å². The Labute approximate surface area is 129 Å². The highest BCUT2D eigenvalue weighted by Gasteiger charge is 2.33. The van der Waals surface area contributed by atoms with Crippen molar-refractivity contribution in [1.82, 2.24) is 0 Å². The second-order valence-corrected chi connectivity index (χ2v) is 7.80. The molecule has 1 saturated carbocycles. The first kappa shape index (κ1) is 17.7. The third-order valence-corrected chi connectivity index (χ3v) is 7.25. The van der Waals surface area contributed by atoms with Crippen molar-refractivity contribution in [1.29, 1.82) is 0 Å². The van der Waals surface area contributed by atoms with Crippen molar-refractivity contribution in [3.05, 3.63) is 0 Å². The summed E-state index contributed by atoms with van der Waals surface area (Å²) in [4.78, 5) is 21.6. The smallest absolute Gasteiger partial charge is 0.306 e. The molecular formula is C14H24O4S2. The fraction of sp³-hybridized carbons (Fsp3) is 0.857. The summed E-state index contributed by atoms with van der Waals surface area (Å²) in [7, 11) is 0. The Hall–Kier alpha value is -0.360. The Kier molecular flexibility index (Phi) is 7.80. The number of carboxylic acids is 1. The number of aliphatic carboxylic acids is 1. The molecule has 20 heavy (non-hydrogen) atoms. The molecule has 1 N–H and O–H groups in total. The first-order valence-electron chi connectivity index (χ1n) is 6.99. The second kappa shape index (κ2) is 8.82. The minimum Gasteiger partial charge on any atom is -0.481 e. The quantitative estimate of drug-likeness (QED) is 0.546. The van der Waals surface area contributed by atoms with Crippen LogP contribution in [0.25, 0.3) is 0 Å². The summed E-state index contributed by atoms with van der Waals surface area (Å²) in [6, 6.07) is 0. The molecule has 0 aromatic rings. The van der Waals surface area contributed by atoms with Gasteiger partial charge in [0.2, 0.25) is 0 Å². The van der Waals surface area contributed by atoms with Crippen LogP contribution in [0.4, 0.5) is 0 Å². The van der Waals surface area contributed by atoms with E-state index in [2.05, 4.69) is 12.5 Å². The summed E-state index contributed by atoms with van der Waals surface area (Å²) < 4.78 is 5.47. The van der Waals surface area contributed by atoms with E-state index in [4.69, 9.17) is 9.84 Å². The number of hydrogen-bond acceptors (Lipinski definition) is 5. The number of esters is 1. The summed E-state index contributed by atoms with van der Waals surface area (Å²) in [6.45, 7) is 0.425. The molecule has 4 nitrogen and oxygen atoms in total. The van der Waals surface area contributed by atoms with Crippen molar-refractivity contribution in [2.45, 2.75) is 49.0 Å². The molecular weight excluding hydrogens is 296 g/mol. The Balaban J connectivity index is 2.15. The van der Waals surface area contributed by atoms with Crippen LogP contribution in [0.1, 0.15) is 44.9 Å². The molecule has 0 heterocycles. The number of ether oxygens (including phenoxy) is 1. The maximum Gasteiger partial charge on any atom is 0.306 e. The predicted octanol–water partition coefficient (Wildman–Crippen LogP) is 3.40. The monoisotopic (exact) mass is 320 g/mol. The lowest BCUT2D eigenvalue weighted by molar-refractivity contribution is -0.148. The first-order valence-corrected chi connectivity index (χ1v) is 9.44. The third-order valence-electron chi connectivity index (χ3n) is 3.94. The van der Waals surface area contributed by atoms with Gasteiger partial charge in [-0.1, -0.05) is 0 Å². The van der Waals surface area contributed by atoms with Gasteiger partial charge in [-0.25, -0.2) is 0 Å². The largest absolute Gasteiger partial charge is 0.481 e. The number of rotatable bonds is 8. The van der Waals surface area contributed by atoms with Crippen molar-refractivity contribution in [2.75, 3.05) is 19.1 Å². The number of thioether (sulfide) groups is 2. The molecule has 0 aliphatic heterocycles. The summed E-state index contributed by atoms with van der Waals surface area (Å²) in [5, 5.41) is 8.48. The van der Waals surface area contributed by atoms with Crippen LogP contribution in [0.5, 0.6) is 0 Å². The Morgan fingerprint density at radius 1 is 1.20 bits per heavy atom. The average molecular weight is 320 g/mol. The van der Waals surface area contributed by atoms with E-state index in [0.717, 1.165) is 6.42 Å². The van der Waals surface area contributed by atoms with Crippen LogP contribution in [-0.4, -0.2) is 40.2 Å². The first-order chi connectivity index (χ1) is 9.51. The predicted molar refractivity (Wildman–Crippen MR) is 84.2 cm³/mol. The van der Waals surface area contributed by atoms with Crippen molar-refractivity contribution in [3.8, 4) is 0 Å². The van der Waals surface area contributed by atoms with E-state index in [1.54, 1.807) is 0 Å². The van der Waals surface area contributed by atoms with Crippen LogP contribution < -0.4 is 0 Å². The van der Waals surface area contributed by atoms with Crippen LogP contribution in [0.15, 0.2) is 0 Å². The highest BCUT2D eigenvalue weighted by Crippen LogP contribution is 2.48. The molecule has 0 atom stereocenters. The van der Waals surface area contributed by atoms with Gasteiger partial charge in [0.25, 0.3) is 0 Å². The van der Waals surface area contributed by atoms with Crippen molar-refractivity contribution < 1.29 is 19.4 Å². The SMILES string of the molecule is CSC1(SC)CCC(CCOC(=O)CCC(=O)O)CC1. The minimum absolute atomic E-state index is 0.0257. The summed E-state index contributed by atoms with van der Waals surface area (Å²) in [5.41, 5.74) is 0. The molecule has 1 aliphatic carbocycles. The topological polar surface area (TPSA) is 63.6 Å². The van der Waals surface area contributed by atoms with Crippen LogP contribution in [0, 0.1) is 5.92 Å². The third kappa shape index (κ3) is 5.95. The summed E-state index contributed by atoms with van der Waals surface area (Å²) >= 11 is 3.91. The molecule has 0 bridgehead atoms. The van der Waals surface area contributed by atoms with Gasteiger partial charge in [-0.15, -0.1) is 23.5 Å². The average Bonchev–Trinajstić information content (AvgIpc) is 2.46. The molecule has 1 rings (SSSR count). The van der Waals surface area contributed by atoms with E-state index >= 15 is 0 Å². The standard InChI is InChI=1S/C14H24O4S2/c1-19-14(20-2)8-5-11(6-9-14)7-10-18-13(17)4-3-12(15)16/h11H,3-10H2,1-2H3,(H,15,16). The van der Waals surface area contributed by atoms with Crippen LogP contribution in [0.3, 0.4) is 0 Å². The van der Waals surface area contributed by atoms with Gasteiger partial charge in [-0.2, -0.15) is 0 Å². The molecule has 0 aromatic carbocycles. The summed E-state index contributed by atoms with van der Waals surface area (Å²) in [6.07, 6.45) is 9.90. The Bertz CT molecular complexity index is 319. The van der Waals surface area contributed by atoms with Gasteiger partial charge in [0.1, 0.15) is 0 Å². The van der Waals surface area contributed by atoms with Crippen molar-refractivity contribution in [2.24, 2.45) is 5.92 Å². The molecule has 1 fully saturated rings. The van der Waals surface area contributed by atoms with Gasteiger partial charge >= 0.3 is 11.9 Å². The maximum absolute atomic E-state index is 11.3. The molecule has 116 valence electrons. The van der Waals surface area contributed by atoms with Gasteiger partial charge in [0, 0.05) is 0 Å². The van der Waals surface area contributed by atoms with Crippen LogP contribution >= 0.6 is 23.5 Å². The molecule has 0 spiro atoms. The molecule has 0 radical (unpaired) electrons. The molecule has 6 heteroatoms. The maximum atomic E-state index is 11.3. The highest BCUT2D eigenvalue weighted by molar-refractivity contribution is 8.17. The van der Waals surface area contributed by atoms with E-state index < -0.39 is 11.9 Å². The lowest BCUT2D eigenvalue weighted by atomic mass is 9.86. The van der Waals surface area contributed by atoms with Gasteiger partial charge in [0.05, 0.1) is 23.5 Å². The Morgan fingerprint density at radius 2 is 1.80 bits per heavy atom. The van der Waals surface area contributed by atoms with Gasteiger partial charge in [-0.3, -0.25) is 9.59 Å². The minimum atomic E-state index is -0.959. The zero-order valence-electron chi connectivity index (χ0n) is 12.2. The van der Waals surface area contributed by atoms with Crippen LogP contribution in [0.2, 0.25) is 0 Å². The lowest BCUT2D eigenvalue weighted by Crippen LogP contribution is -2.27. The van der Waals surface area contributed by atoms with Gasteiger partial charge in [-0.05, 0) is 50.5 Å².